The van der Waals surface area contributed by atoms with Crippen LogP contribution in [0.15, 0.2) is 41.5 Å². The Labute approximate surface area is 178 Å². The zero-order valence-corrected chi connectivity index (χ0v) is 17.5. The molecule has 152 valence electrons. The van der Waals surface area contributed by atoms with E-state index >= 15 is 0 Å². The van der Waals surface area contributed by atoms with E-state index in [4.69, 9.17) is 10.5 Å². The van der Waals surface area contributed by atoms with Crippen LogP contribution in [0.1, 0.15) is 29.5 Å². The number of ether oxygens (including phenoxy) is 1. The highest BCUT2D eigenvalue weighted by Crippen LogP contribution is 2.27. The molecule has 1 aromatic carbocycles. The molecule has 0 spiro atoms. The van der Waals surface area contributed by atoms with Crippen molar-refractivity contribution in [3.8, 4) is 5.88 Å². The van der Waals surface area contributed by atoms with Crippen LogP contribution < -0.4 is 15.8 Å². The number of anilines is 1. The molecule has 1 aliphatic carbocycles. The molecule has 5 nitrogen and oxygen atoms in total. The molecule has 0 saturated heterocycles. The number of nitrogens with one attached hydrogen (secondary N) is 1. The Morgan fingerprint density at radius 3 is 2.75 bits per heavy atom. The van der Waals surface area contributed by atoms with Gasteiger partial charge < -0.3 is 15.8 Å². The Morgan fingerprint density at radius 1 is 1.18 bits per heavy atom. The lowest BCUT2D eigenvalue weighted by Crippen LogP contribution is -2.24. The number of halogens is 4. The molecular weight excluding hydrogens is 484 g/mol. The van der Waals surface area contributed by atoms with Gasteiger partial charge in [0.05, 0.1) is 6.54 Å². The maximum atomic E-state index is 12.4. The number of aromatic nitrogens is 1. The number of hydrogen-bond donors (Lipinski definition) is 2. The first-order valence-corrected chi connectivity index (χ1v) is 8.73. The minimum atomic E-state index is -4.43. The Balaban J connectivity index is 0.00000280. The third-order valence-corrected chi connectivity index (χ3v) is 4.30. The second-order valence-corrected chi connectivity index (χ2v) is 6.35. The fourth-order valence-corrected chi connectivity index (χ4v) is 3.07. The number of alkyl halides is 3. The minimum absolute atomic E-state index is 0. The van der Waals surface area contributed by atoms with Crippen LogP contribution in [0.25, 0.3) is 0 Å². The van der Waals surface area contributed by atoms with Crippen LogP contribution >= 0.6 is 24.0 Å². The third kappa shape index (κ3) is 6.25. The lowest BCUT2D eigenvalue weighted by Gasteiger charge is -2.19. The van der Waals surface area contributed by atoms with Crippen molar-refractivity contribution >= 4 is 35.6 Å². The smallest absolute Gasteiger partial charge is 0.422 e. The second kappa shape index (κ2) is 9.94. The summed E-state index contributed by atoms with van der Waals surface area (Å²) in [6.45, 7) is -1.33. The van der Waals surface area contributed by atoms with Crippen molar-refractivity contribution in [3.05, 3.63) is 53.2 Å². The number of pyridine rings is 1. The van der Waals surface area contributed by atoms with Gasteiger partial charge in [-0.05, 0) is 48.9 Å². The van der Waals surface area contributed by atoms with Crippen LogP contribution in [0.5, 0.6) is 5.88 Å². The molecule has 9 heteroatoms. The van der Waals surface area contributed by atoms with Gasteiger partial charge in [0.1, 0.15) is 0 Å². The quantitative estimate of drug-likeness (QED) is 0.357. The second-order valence-electron chi connectivity index (χ2n) is 6.35. The van der Waals surface area contributed by atoms with Crippen LogP contribution in [0.4, 0.5) is 18.9 Å². The Morgan fingerprint density at radius 2 is 1.96 bits per heavy atom. The summed E-state index contributed by atoms with van der Waals surface area (Å²) in [6, 6.07) is 9.27. The van der Waals surface area contributed by atoms with Crippen LogP contribution in [0.2, 0.25) is 0 Å². The standard InChI is InChI=1S/C19H21F3N4O.HI/c20-19(21,22)12-27-17-14(7-4-10-24-17)11-25-18(23)26-16-9-3-6-13-5-1-2-8-15(13)16;/h3-4,6-7,9-10H,1-2,5,8,11-12H2,(H3,23,25,26);1H. The highest BCUT2D eigenvalue weighted by Gasteiger charge is 2.29. The lowest BCUT2D eigenvalue weighted by atomic mass is 9.90. The summed E-state index contributed by atoms with van der Waals surface area (Å²) in [6.07, 6.45) is 1.31. The number of nitrogens with two attached hydrogens (primary N) is 1. The third-order valence-electron chi connectivity index (χ3n) is 4.30. The van der Waals surface area contributed by atoms with Gasteiger partial charge in [0.15, 0.2) is 12.6 Å². The van der Waals surface area contributed by atoms with Crippen LogP contribution in [0, 0.1) is 0 Å². The molecule has 0 fully saturated rings. The van der Waals surface area contributed by atoms with Crippen LogP contribution in [0.3, 0.4) is 0 Å². The molecule has 1 aliphatic rings. The van der Waals surface area contributed by atoms with Gasteiger partial charge in [-0.1, -0.05) is 18.2 Å². The summed E-state index contributed by atoms with van der Waals surface area (Å²) < 4.78 is 41.8. The van der Waals surface area contributed by atoms with Gasteiger partial charge in [-0.25, -0.2) is 9.98 Å². The monoisotopic (exact) mass is 506 g/mol. The molecule has 1 heterocycles. The average Bonchev–Trinajstić information content (AvgIpc) is 2.65. The predicted molar refractivity (Wildman–Crippen MR) is 113 cm³/mol. The van der Waals surface area contributed by atoms with E-state index in [0.717, 1.165) is 24.9 Å². The van der Waals surface area contributed by atoms with Gasteiger partial charge in [-0.15, -0.1) is 24.0 Å². The first kappa shape index (κ1) is 22.3. The molecule has 3 N–H and O–H groups in total. The number of guanidine groups is 1. The largest absolute Gasteiger partial charge is 0.468 e. The van der Waals surface area contributed by atoms with E-state index in [1.807, 2.05) is 12.1 Å². The molecular formula is C19H22F3IN4O. The number of fused-ring (bicyclic) bond motifs is 1. The maximum Gasteiger partial charge on any atom is 0.422 e. The van der Waals surface area contributed by atoms with Gasteiger partial charge in [0.25, 0.3) is 0 Å². The average molecular weight is 506 g/mol. The van der Waals surface area contributed by atoms with E-state index in [-0.39, 0.29) is 42.4 Å². The number of nitrogens with zero attached hydrogens (tertiary/aromatic N) is 2. The summed E-state index contributed by atoms with van der Waals surface area (Å²) in [4.78, 5) is 8.07. The number of aliphatic imine (C=N–C) groups is 1. The minimum Gasteiger partial charge on any atom is -0.468 e. The van der Waals surface area contributed by atoms with Gasteiger partial charge in [0.2, 0.25) is 5.88 Å². The summed E-state index contributed by atoms with van der Waals surface area (Å²) in [5.74, 6) is 0.100. The molecule has 0 bridgehead atoms. The normalized spacial score (nSPS) is 14.0. The van der Waals surface area contributed by atoms with E-state index in [1.54, 1.807) is 12.1 Å². The molecule has 0 amide bonds. The maximum absolute atomic E-state index is 12.4. The van der Waals surface area contributed by atoms with E-state index in [1.165, 1.54) is 23.7 Å². The Hall–Kier alpha value is -2.04. The Kier molecular flexibility index (Phi) is 7.90. The summed E-state index contributed by atoms with van der Waals surface area (Å²) in [5, 5.41) is 3.10. The number of benzene rings is 1. The topological polar surface area (TPSA) is 72.5 Å². The molecule has 0 aliphatic heterocycles. The van der Waals surface area contributed by atoms with Crippen LogP contribution in [-0.4, -0.2) is 23.7 Å². The highest BCUT2D eigenvalue weighted by atomic mass is 127. The van der Waals surface area contributed by atoms with E-state index in [9.17, 15) is 13.2 Å². The molecule has 28 heavy (non-hydrogen) atoms. The predicted octanol–water partition coefficient (Wildman–Crippen LogP) is 4.45. The molecule has 0 saturated carbocycles. The van der Waals surface area contributed by atoms with Crippen LogP contribution in [-0.2, 0) is 19.4 Å². The zero-order chi connectivity index (χ0) is 19.3. The first-order chi connectivity index (χ1) is 12.9. The van der Waals surface area contributed by atoms with Gasteiger partial charge in [-0.2, -0.15) is 13.2 Å². The molecule has 0 unspecified atom stereocenters. The van der Waals surface area contributed by atoms with Crippen molar-refractivity contribution < 1.29 is 17.9 Å². The van der Waals surface area contributed by atoms with Crippen molar-refractivity contribution in [1.29, 1.82) is 0 Å². The number of aryl methyl sites for hydroxylation is 1. The van der Waals surface area contributed by atoms with Crippen molar-refractivity contribution in [2.75, 3.05) is 11.9 Å². The molecule has 0 radical (unpaired) electrons. The summed E-state index contributed by atoms with van der Waals surface area (Å²) in [5.41, 5.74) is 9.90. The Bertz CT molecular complexity index is 827. The first-order valence-electron chi connectivity index (χ1n) is 8.73. The van der Waals surface area contributed by atoms with Crippen molar-refractivity contribution in [1.82, 2.24) is 4.98 Å². The van der Waals surface area contributed by atoms with Gasteiger partial charge in [0, 0.05) is 17.4 Å². The van der Waals surface area contributed by atoms with E-state index < -0.39 is 12.8 Å². The van der Waals surface area contributed by atoms with Crippen molar-refractivity contribution in [3.63, 3.8) is 0 Å². The highest BCUT2D eigenvalue weighted by molar-refractivity contribution is 14.0. The summed E-state index contributed by atoms with van der Waals surface area (Å²) >= 11 is 0. The number of rotatable bonds is 5. The number of hydrogen-bond acceptors (Lipinski definition) is 3. The summed E-state index contributed by atoms with van der Waals surface area (Å²) in [7, 11) is 0. The van der Waals surface area contributed by atoms with Gasteiger partial charge >= 0.3 is 6.18 Å². The van der Waals surface area contributed by atoms with Gasteiger partial charge in [-0.3, -0.25) is 0 Å². The molecule has 0 atom stereocenters. The fraction of sp³-hybridized carbons (Fsp3) is 0.368. The van der Waals surface area contributed by atoms with E-state index in [2.05, 4.69) is 21.4 Å². The van der Waals surface area contributed by atoms with Crippen molar-refractivity contribution in [2.45, 2.75) is 38.4 Å². The van der Waals surface area contributed by atoms with Crippen molar-refractivity contribution in [2.24, 2.45) is 10.7 Å². The lowest BCUT2D eigenvalue weighted by molar-refractivity contribution is -0.154. The zero-order valence-electron chi connectivity index (χ0n) is 15.1. The SMILES string of the molecule is I.NC(=NCc1cccnc1OCC(F)(F)F)Nc1cccc2c1CCCC2. The molecule has 1 aromatic heterocycles. The fourth-order valence-electron chi connectivity index (χ4n) is 3.07. The molecule has 3 rings (SSSR count). The van der Waals surface area contributed by atoms with E-state index in [0.29, 0.717) is 5.56 Å². The molecule has 2 aromatic rings.